The number of aromatic nitrogens is 2. The highest BCUT2D eigenvalue weighted by molar-refractivity contribution is 5.89. The summed E-state index contributed by atoms with van der Waals surface area (Å²) >= 11 is 0. The Balaban J connectivity index is 2.77. The Morgan fingerprint density at radius 1 is 1.38 bits per heavy atom. The minimum Gasteiger partial charge on any atom is -0.397 e. The molecule has 0 aliphatic carbocycles. The van der Waals surface area contributed by atoms with Gasteiger partial charge < -0.3 is 5.73 Å². The van der Waals surface area contributed by atoms with Gasteiger partial charge in [-0.1, -0.05) is 19.9 Å². The molecule has 1 aromatic heterocycles. The smallest absolute Gasteiger partial charge is 0.274 e. The van der Waals surface area contributed by atoms with E-state index < -0.39 is 0 Å². The lowest BCUT2D eigenvalue weighted by Crippen LogP contribution is -2.23. The lowest BCUT2D eigenvalue weighted by Gasteiger charge is -2.10. The van der Waals surface area contributed by atoms with Crippen molar-refractivity contribution in [3.05, 3.63) is 28.6 Å². The maximum absolute atomic E-state index is 12.1. The van der Waals surface area contributed by atoms with E-state index in [-0.39, 0.29) is 5.56 Å². The highest BCUT2D eigenvalue weighted by Gasteiger charge is 2.12. The molecular weight excluding hydrogens is 202 g/mol. The number of nitrogens with two attached hydrogens (primary N) is 1. The van der Waals surface area contributed by atoms with Gasteiger partial charge in [-0.3, -0.25) is 9.48 Å². The van der Waals surface area contributed by atoms with Gasteiger partial charge >= 0.3 is 0 Å². The number of hydrogen-bond donors (Lipinski definition) is 1. The topological polar surface area (TPSA) is 52.9 Å². The summed E-state index contributed by atoms with van der Waals surface area (Å²) in [4.78, 5) is 12.1. The van der Waals surface area contributed by atoms with Crippen LogP contribution in [0.1, 0.15) is 13.8 Å². The second-order valence-electron chi connectivity index (χ2n) is 4.55. The van der Waals surface area contributed by atoms with Gasteiger partial charge in [-0.25, -0.2) is 4.68 Å². The van der Waals surface area contributed by atoms with E-state index in [9.17, 15) is 4.79 Å². The Bertz CT molecular complexity index is 578. The van der Waals surface area contributed by atoms with Crippen LogP contribution in [0.4, 0.5) is 5.69 Å². The van der Waals surface area contributed by atoms with Crippen LogP contribution in [0.25, 0.3) is 10.9 Å². The van der Waals surface area contributed by atoms with Crippen LogP contribution in [0.5, 0.6) is 0 Å². The van der Waals surface area contributed by atoms with Gasteiger partial charge in [-0.05, 0) is 18.1 Å². The van der Waals surface area contributed by atoms with Gasteiger partial charge in [0.25, 0.3) is 5.56 Å². The van der Waals surface area contributed by atoms with Gasteiger partial charge in [0.1, 0.15) is 0 Å². The maximum Gasteiger partial charge on any atom is 0.274 e. The number of para-hydroxylation sites is 1. The molecule has 0 bridgehead atoms. The number of aryl methyl sites for hydroxylation is 1. The van der Waals surface area contributed by atoms with Gasteiger partial charge in [0.05, 0.1) is 16.6 Å². The Kier molecular flexibility index (Phi) is 2.50. The van der Waals surface area contributed by atoms with Crippen molar-refractivity contribution in [2.45, 2.75) is 20.4 Å². The van der Waals surface area contributed by atoms with E-state index in [2.05, 4.69) is 13.8 Å². The van der Waals surface area contributed by atoms with Crippen LogP contribution in [0.15, 0.2) is 23.0 Å². The molecule has 0 aliphatic heterocycles. The van der Waals surface area contributed by atoms with Crippen LogP contribution in [0, 0.1) is 5.92 Å². The highest BCUT2D eigenvalue weighted by atomic mass is 16.1. The molecule has 0 fully saturated rings. The molecule has 4 heteroatoms. The number of hydrogen-bond acceptors (Lipinski definition) is 2. The summed E-state index contributed by atoms with van der Waals surface area (Å²) in [5.74, 6) is 0.432. The van der Waals surface area contributed by atoms with Crippen LogP contribution in [0.2, 0.25) is 0 Å². The lowest BCUT2D eigenvalue weighted by molar-refractivity contribution is 0.425. The summed E-state index contributed by atoms with van der Waals surface area (Å²) in [5.41, 5.74) is 7.42. The molecule has 1 heterocycles. The van der Waals surface area contributed by atoms with E-state index in [1.807, 2.05) is 29.9 Å². The van der Waals surface area contributed by atoms with Gasteiger partial charge in [0.15, 0.2) is 0 Å². The van der Waals surface area contributed by atoms with Crippen molar-refractivity contribution in [3.8, 4) is 0 Å². The summed E-state index contributed by atoms with van der Waals surface area (Å²) in [6, 6.07) is 5.46. The Morgan fingerprint density at radius 2 is 2.06 bits per heavy atom. The molecule has 2 aromatic rings. The first-order valence-corrected chi connectivity index (χ1v) is 5.46. The maximum atomic E-state index is 12.1. The van der Waals surface area contributed by atoms with E-state index >= 15 is 0 Å². The predicted molar refractivity (Wildman–Crippen MR) is 66.4 cm³/mol. The van der Waals surface area contributed by atoms with Gasteiger partial charge in [0, 0.05) is 13.6 Å². The van der Waals surface area contributed by atoms with E-state index in [0.717, 1.165) is 5.52 Å². The fraction of sp³-hybridized carbons (Fsp3) is 0.417. The highest BCUT2D eigenvalue weighted by Crippen LogP contribution is 2.18. The zero-order valence-corrected chi connectivity index (χ0v) is 9.90. The third-order valence-electron chi connectivity index (χ3n) is 2.76. The second-order valence-corrected chi connectivity index (χ2v) is 4.55. The Morgan fingerprint density at radius 3 is 2.62 bits per heavy atom. The van der Waals surface area contributed by atoms with Crippen molar-refractivity contribution in [1.29, 1.82) is 0 Å². The molecule has 0 aliphatic rings. The Hall–Kier alpha value is -1.71. The molecule has 2 rings (SSSR count). The van der Waals surface area contributed by atoms with Crippen LogP contribution < -0.4 is 11.3 Å². The lowest BCUT2D eigenvalue weighted by atomic mass is 10.2. The molecule has 0 saturated carbocycles. The number of nitrogens with zero attached hydrogens (tertiary/aromatic N) is 2. The number of rotatable bonds is 2. The van der Waals surface area contributed by atoms with Crippen molar-refractivity contribution in [2.75, 3.05) is 5.73 Å². The summed E-state index contributed by atoms with van der Waals surface area (Å²) in [7, 11) is 1.88. The minimum atomic E-state index is 0.0403. The zero-order valence-electron chi connectivity index (χ0n) is 9.90. The molecule has 0 atom stereocenters. The molecule has 2 N–H and O–H groups in total. The molecule has 0 saturated heterocycles. The molecule has 86 valence electrons. The largest absolute Gasteiger partial charge is 0.397 e. The van der Waals surface area contributed by atoms with Gasteiger partial charge in [-0.15, -0.1) is 0 Å². The first-order chi connectivity index (χ1) is 7.52. The molecule has 0 spiro atoms. The van der Waals surface area contributed by atoms with Gasteiger partial charge in [0.2, 0.25) is 0 Å². The van der Waals surface area contributed by atoms with Gasteiger partial charge in [-0.2, -0.15) is 0 Å². The number of fused-ring (bicyclic) bond motifs is 1. The van der Waals surface area contributed by atoms with E-state index in [1.54, 1.807) is 4.68 Å². The second kappa shape index (κ2) is 3.70. The summed E-state index contributed by atoms with van der Waals surface area (Å²) in [5, 5.41) is 0.697. The molecule has 16 heavy (non-hydrogen) atoms. The van der Waals surface area contributed by atoms with E-state index in [4.69, 9.17) is 5.73 Å². The van der Waals surface area contributed by atoms with Crippen LogP contribution in [0.3, 0.4) is 0 Å². The molecule has 4 nitrogen and oxygen atoms in total. The van der Waals surface area contributed by atoms with Crippen LogP contribution in [-0.4, -0.2) is 9.36 Å². The monoisotopic (exact) mass is 219 g/mol. The summed E-state index contributed by atoms with van der Waals surface area (Å²) < 4.78 is 3.60. The summed E-state index contributed by atoms with van der Waals surface area (Å²) in [6.07, 6.45) is 0. The predicted octanol–water partition coefficient (Wildman–Crippen LogP) is 1.58. The minimum absolute atomic E-state index is 0.0403. The first kappa shape index (κ1) is 10.8. The van der Waals surface area contributed by atoms with Crippen molar-refractivity contribution < 1.29 is 0 Å². The zero-order chi connectivity index (χ0) is 11.9. The molecular formula is C12H17N3O. The van der Waals surface area contributed by atoms with Crippen molar-refractivity contribution in [3.63, 3.8) is 0 Å². The quantitative estimate of drug-likeness (QED) is 0.780. The normalized spacial score (nSPS) is 11.5. The Labute approximate surface area is 94.3 Å². The van der Waals surface area contributed by atoms with Crippen LogP contribution >= 0.6 is 0 Å². The number of nitrogen functional groups attached to an aromatic ring is 1. The van der Waals surface area contributed by atoms with E-state index in [1.165, 1.54) is 0 Å². The third-order valence-corrected chi connectivity index (χ3v) is 2.76. The molecule has 0 amide bonds. The average Bonchev–Trinajstić information content (AvgIpc) is 2.44. The SMILES string of the molecule is CC(C)Cn1c(=O)c2cccc(N)c2n1C. The first-order valence-electron chi connectivity index (χ1n) is 5.46. The standard InChI is InChI=1S/C12H17N3O/c1-8(2)7-15-12(16)9-5-4-6-10(13)11(9)14(15)3/h4-6,8H,7,13H2,1-3H3. The number of anilines is 1. The van der Waals surface area contributed by atoms with Crippen molar-refractivity contribution >= 4 is 16.6 Å². The van der Waals surface area contributed by atoms with Crippen molar-refractivity contribution in [2.24, 2.45) is 13.0 Å². The molecule has 0 unspecified atom stereocenters. The fourth-order valence-corrected chi connectivity index (χ4v) is 2.04. The summed E-state index contributed by atoms with van der Waals surface area (Å²) in [6.45, 7) is 4.89. The van der Waals surface area contributed by atoms with Crippen LogP contribution in [-0.2, 0) is 13.6 Å². The number of benzene rings is 1. The average molecular weight is 219 g/mol. The fourth-order valence-electron chi connectivity index (χ4n) is 2.04. The van der Waals surface area contributed by atoms with Crippen molar-refractivity contribution in [1.82, 2.24) is 9.36 Å². The van der Waals surface area contributed by atoms with E-state index in [0.29, 0.717) is 23.5 Å². The molecule has 0 radical (unpaired) electrons. The molecule has 1 aromatic carbocycles. The third kappa shape index (κ3) is 1.50.